The first-order chi connectivity index (χ1) is 24.7. The molecule has 0 aromatic heterocycles. The third-order valence-corrected chi connectivity index (χ3v) is 9.88. The highest BCUT2D eigenvalue weighted by Gasteiger charge is 2.70. The van der Waals surface area contributed by atoms with Crippen molar-refractivity contribution in [3.63, 3.8) is 0 Å². The Kier molecular flexibility index (Phi) is 8.69. The molecule has 7 rings (SSSR count). The van der Waals surface area contributed by atoms with Crippen LogP contribution in [0.25, 0.3) is 21.5 Å². The lowest BCUT2D eigenvalue weighted by atomic mass is 9.83. The van der Waals surface area contributed by atoms with Crippen molar-refractivity contribution in [1.29, 1.82) is 0 Å². The number of rotatable bonds is 9. The predicted octanol–water partition coefficient (Wildman–Crippen LogP) is 6.57. The van der Waals surface area contributed by atoms with E-state index in [-0.39, 0.29) is 37.5 Å². The fraction of sp³-hybridized carbons (Fsp3) is 0.238. The van der Waals surface area contributed by atoms with E-state index in [9.17, 15) is 14.4 Å². The van der Waals surface area contributed by atoms with Crippen molar-refractivity contribution in [2.45, 2.75) is 51.9 Å². The molecule has 2 aliphatic heterocycles. The van der Waals surface area contributed by atoms with Gasteiger partial charge in [0.1, 0.15) is 6.61 Å². The SMILES string of the molecule is CCOC(=O)C1(C(=O)OCC)N[C@@]2(C(=O)N(Cc3ccccc3)c3ccc(C)cc32)C(C(=O)OCc2c3ccccc3cc3ccccc23)=C1C. The van der Waals surface area contributed by atoms with E-state index in [1.54, 1.807) is 24.8 Å². The summed E-state index contributed by atoms with van der Waals surface area (Å²) in [7, 11) is 0. The van der Waals surface area contributed by atoms with Crippen LogP contribution in [0.1, 0.15) is 43.0 Å². The van der Waals surface area contributed by atoms with E-state index in [4.69, 9.17) is 14.2 Å². The van der Waals surface area contributed by atoms with Crippen LogP contribution >= 0.6 is 0 Å². The van der Waals surface area contributed by atoms with Crippen LogP contribution in [-0.2, 0) is 52.1 Å². The van der Waals surface area contributed by atoms with Gasteiger partial charge in [0, 0.05) is 11.1 Å². The minimum Gasteiger partial charge on any atom is -0.464 e. The quantitative estimate of drug-likeness (QED) is 0.0805. The first-order valence-corrected chi connectivity index (χ1v) is 17.1. The molecule has 0 saturated carbocycles. The van der Waals surface area contributed by atoms with Gasteiger partial charge in [-0.1, -0.05) is 96.6 Å². The van der Waals surface area contributed by atoms with Crippen molar-refractivity contribution in [2.75, 3.05) is 18.1 Å². The molecule has 5 aromatic carbocycles. The number of benzene rings is 5. The number of hydrogen-bond acceptors (Lipinski definition) is 8. The van der Waals surface area contributed by atoms with Crippen molar-refractivity contribution in [3.05, 3.63) is 137 Å². The Labute approximate surface area is 295 Å². The number of nitrogens with one attached hydrogen (secondary N) is 1. The second-order valence-corrected chi connectivity index (χ2v) is 12.8. The number of hydrogen-bond donors (Lipinski definition) is 1. The van der Waals surface area contributed by atoms with Crippen molar-refractivity contribution in [3.8, 4) is 0 Å². The molecule has 0 aliphatic carbocycles. The van der Waals surface area contributed by atoms with Crippen molar-refractivity contribution in [2.24, 2.45) is 0 Å². The Morgan fingerprint density at radius 2 is 1.31 bits per heavy atom. The highest BCUT2D eigenvalue weighted by Crippen LogP contribution is 2.53. The predicted molar refractivity (Wildman–Crippen MR) is 194 cm³/mol. The third-order valence-electron chi connectivity index (χ3n) is 9.88. The van der Waals surface area contributed by atoms with Crippen molar-refractivity contribution < 1.29 is 33.4 Å². The summed E-state index contributed by atoms with van der Waals surface area (Å²) in [5, 5.41) is 6.90. The van der Waals surface area contributed by atoms with Gasteiger partial charge in [0.2, 0.25) is 5.54 Å². The van der Waals surface area contributed by atoms with Gasteiger partial charge in [-0.05, 0) is 72.5 Å². The minimum absolute atomic E-state index is 0.0189. The van der Waals surface area contributed by atoms with Crippen LogP contribution in [0.15, 0.2) is 114 Å². The average Bonchev–Trinajstić information content (AvgIpc) is 3.54. The number of carbonyl (C=O) groups is 4. The molecule has 0 fully saturated rings. The number of ether oxygens (including phenoxy) is 3. The minimum atomic E-state index is -2.31. The molecule has 9 heteroatoms. The van der Waals surface area contributed by atoms with Gasteiger partial charge >= 0.3 is 17.9 Å². The van der Waals surface area contributed by atoms with Crippen molar-refractivity contribution >= 4 is 51.0 Å². The monoisotopic (exact) mass is 682 g/mol. The molecule has 5 aromatic rings. The zero-order chi connectivity index (χ0) is 35.9. The van der Waals surface area contributed by atoms with Crippen LogP contribution in [-0.4, -0.2) is 42.6 Å². The number of nitrogens with zero attached hydrogens (tertiary/aromatic N) is 1. The summed E-state index contributed by atoms with van der Waals surface area (Å²) >= 11 is 0. The molecule has 51 heavy (non-hydrogen) atoms. The summed E-state index contributed by atoms with van der Waals surface area (Å²) in [6.07, 6.45) is 0. The molecule has 2 aliphatic rings. The second-order valence-electron chi connectivity index (χ2n) is 12.8. The van der Waals surface area contributed by atoms with E-state index >= 15 is 4.79 Å². The van der Waals surface area contributed by atoms with Crippen LogP contribution in [0.2, 0.25) is 0 Å². The molecule has 1 amide bonds. The van der Waals surface area contributed by atoms with Crippen LogP contribution in [0, 0.1) is 6.92 Å². The largest absolute Gasteiger partial charge is 0.464 e. The van der Waals surface area contributed by atoms with Crippen LogP contribution < -0.4 is 10.2 Å². The molecule has 9 nitrogen and oxygen atoms in total. The fourth-order valence-electron chi connectivity index (χ4n) is 7.55. The normalized spacial score (nSPS) is 17.6. The summed E-state index contributed by atoms with van der Waals surface area (Å²) in [6.45, 7) is 6.52. The average molecular weight is 683 g/mol. The third kappa shape index (κ3) is 5.27. The molecule has 1 atom stereocenters. The summed E-state index contributed by atoms with van der Waals surface area (Å²) in [4.78, 5) is 59.6. The molecule has 258 valence electrons. The summed E-state index contributed by atoms with van der Waals surface area (Å²) in [5.74, 6) is -3.35. The standard InChI is InChI=1S/C42H38N2O7/c1-5-49-39(47)41(40(48)50-6-2)27(4)36(37(45)51-25-33-31-18-12-10-16-29(31)23-30-17-11-13-19-32(30)33)42(43-41)34-22-26(3)20-21-35(34)44(38(42)46)24-28-14-8-7-9-15-28/h7-23,43H,5-6,24-25H2,1-4H3/t42-/m1/s1. The van der Waals surface area contributed by atoms with Gasteiger partial charge in [0.15, 0.2) is 5.54 Å². The van der Waals surface area contributed by atoms with Crippen LogP contribution in [0.3, 0.4) is 0 Å². The molecule has 1 N–H and O–H groups in total. The Bertz CT molecular complexity index is 2190. The Balaban J connectivity index is 1.42. The maximum Gasteiger partial charge on any atom is 0.342 e. The molecule has 0 saturated heterocycles. The molecule has 0 bridgehead atoms. The summed E-state index contributed by atoms with van der Waals surface area (Å²) < 4.78 is 17.2. The molecular weight excluding hydrogens is 644 g/mol. The lowest BCUT2D eigenvalue weighted by molar-refractivity contribution is -0.164. The molecule has 1 spiro atoms. The van der Waals surface area contributed by atoms with E-state index in [0.717, 1.165) is 38.2 Å². The zero-order valence-electron chi connectivity index (χ0n) is 28.9. The Morgan fingerprint density at radius 1 is 0.725 bits per heavy atom. The molecule has 0 radical (unpaired) electrons. The fourth-order valence-corrected chi connectivity index (χ4v) is 7.55. The first kappa shape index (κ1) is 33.7. The maximum absolute atomic E-state index is 15.2. The highest BCUT2D eigenvalue weighted by molar-refractivity contribution is 6.21. The van der Waals surface area contributed by atoms with Gasteiger partial charge in [-0.2, -0.15) is 0 Å². The van der Waals surface area contributed by atoms with Gasteiger partial charge in [-0.15, -0.1) is 0 Å². The lowest BCUT2D eigenvalue weighted by Crippen LogP contribution is -2.64. The van der Waals surface area contributed by atoms with Crippen LogP contribution in [0.5, 0.6) is 0 Å². The summed E-state index contributed by atoms with van der Waals surface area (Å²) in [6, 6.07) is 32.7. The molecule has 0 unspecified atom stereocenters. The molecular formula is C42H38N2O7. The van der Waals surface area contributed by atoms with E-state index in [1.807, 2.05) is 97.9 Å². The first-order valence-electron chi connectivity index (χ1n) is 17.1. The Hall–Kier alpha value is -5.80. The Morgan fingerprint density at radius 3 is 1.92 bits per heavy atom. The number of carbonyl (C=O) groups excluding carboxylic acids is 4. The smallest absolute Gasteiger partial charge is 0.342 e. The van der Waals surface area contributed by atoms with Gasteiger partial charge in [-0.3, -0.25) is 10.1 Å². The van der Waals surface area contributed by atoms with Crippen molar-refractivity contribution in [1.82, 2.24) is 5.32 Å². The maximum atomic E-state index is 15.2. The molecule has 2 heterocycles. The van der Waals surface area contributed by atoms with E-state index in [0.29, 0.717) is 11.3 Å². The second kappa shape index (κ2) is 13.2. The number of esters is 3. The van der Waals surface area contributed by atoms with Gasteiger partial charge in [0.05, 0.1) is 31.0 Å². The van der Waals surface area contributed by atoms with E-state index in [1.165, 1.54) is 6.92 Å². The number of fused-ring (bicyclic) bond motifs is 4. The van der Waals surface area contributed by atoms with Gasteiger partial charge in [0.25, 0.3) is 5.91 Å². The van der Waals surface area contributed by atoms with Crippen LogP contribution in [0.4, 0.5) is 5.69 Å². The lowest BCUT2D eigenvalue weighted by Gasteiger charge is -2.32. The highest BCUT2D eigenvalue weighted by atomic mass is 16.6. The topological polar surface area (TPSA) is 111 Å². The number of anilines is 1. The van der Waals surface area contributed by atoms with E-state index in [2.05, 4.69) is 11.4 Å². The number of aryl methyl sites for hydroxylation is 1. The van der Waals surface area contributed by atoms with Gasteiger partial charge in [-0.25, -0.2) is 14.4 Å². The summed E-state index contributed by atoms with van der Waals surface area (Å²) in [5.41, 5.74) is -1.08. The number of amides is 1. The zero-order valence-corrected chi connectivity index (χ0v) is 28.9. The van der Waals surface area contributed by atoms with Gasteiger partial charge < -0.3 is 19.1 Å². The van der Waals surface area contributed by atoms with E-state index < -0.39 is 34.9 Å².